The third-order valence-corrected chi connectivity index (χ3v) is 5.12. The molecule has 0 aliphatic carbocycles. The fourth-order valence-electron chi connectivity index (χ4n) is 3.38. The SMILES string of the molecule is O=[N+]([O-])c1cc(Cl)ccc1N1CCN(Cc2ncc(-c3ccc(F)cc3)o2)CC1. The number of benzene rings is 2. The van der Waals surface area contributed by atoms with E-state index in [2.05, 4.69) is 9.88 Å². The number of nitro groups is 1. The molecule has 2 heterocycles. The lowest BCUT2D eigenvalue weighted by Crippen LogP contribution is -2.46. The van der Waals surface area contributed by atoms with Crippen molar-refractivity contribution in [1.29, 1.82) is 0 Å². The summed E-state index contributed by atoms with van der Waals surface area (Å²) in [6.45, 7) is 3.27. The van der Waals surface area contributed by atoms with E-state index in [1.807, 2.05) is 4.90 Å². The normalized spacial score (nSPS) is 14.9. The molecule has 0 amide bonds. The molecule has 2 aromatic carbocycles. The molecule has 29 heavy (non-hydrogen) atoms. The number of piperazine rings is 1. The van der Waals surface area contributed by atoms with Crippen LogP contribution in [-0.2, 0) is 6.54 Å². The second kappa shape index (κ2) is 8.18. The summed E-state index contributed by atoms with van der Waals surface area (Å²) in [4.78, 5) is 19.4. The first-order chi connectivity index (χ1) is 14.0. The summed E-state index contributed by atoms with van der Waals surface area (Å²) in [5.41, 5.74) is 1.36. The Bertz CT molecular complexity index is 1020. The molecule has 0 saturated carbocycles. The fraction of sp³-hybridized carbons (Fsp3) is 0.250. The maximum Gasteiger partial charge on any atom is 0.294 e. The van der Waals surface area contributed by atoms with Gasteiger partial charge in [0.1, 0.15) is 11.5 Å². The second-order valence-corrected chi connectivity index (χ2v) is 7.21. The molecule has 0 radical (unpaired) electrons. The molecule has 1 fully saturated rings. The minimum absolute atomic E-state index is 0.0163. The molecule has 1 aliphatic heterocycles. The zero-order valence-corrected chi connectivity index (χ0v) is 16.2. The van der Waals surface area contributed by atoms with Crippen molar-refractivity contribution < 1.29 is 13.7 Å². The van der Waals surface area contributed by atoms with Gasteiger partial charge in [-0.3, -0.25) is 15.0 Å². The number of rotatable bonds is 5. The van der Waals surface area contributed by atoms with E-state index in [4.69, 9.17) is 16.0 Å². The van der Waals surface area contributed by atoms with Crippen molar-refractivity contribution in [3.63, 3.8) is 0 Å². The Morgan fingerprint density at radius 2 is 1.86 bits per heavy atom. The van der Waals surface area contributed by atoms with Crippen molar-refractivity contribution in [2.45, 2.75) is 6.54 Å². The number of anilines is 1. The molecule has 0 atom stereocenters. The van der Waals surface area contributed by atoms with Gasteiger partial charge in [-0.25, -0.2) is 9.37 Å². The van der Waals surface area contributed by atoms with Crippen LogP contribution < -0.4 is 4.90 Å². The van der Waals surface area contributed by atoms with Crippen molar-refractivity contribution in [1.82, 2.24) is 9.88 Å². The van der Waals surface area contributed by atoms with Crippen LogP contribution in [0, 0.1) is 15.9 Å². The summed E-state index contributed by atoms with van der Waals surface area (Å²) in [5, 5.41) is 11.7. The van der Waals surface area contributed by atoms with E-state index in [-0.39, 0.29) is 11.5 Å². The number of nitro benzene ring substituents is 1. The standard InChI is InChI=1S/C20H18ClFN4O3/c21-15-3-6-17(18(11-15)26(27)28)25-9-7-24(8-10-25)13-20-23-12-19(29-20)14-1-4-16(22)5-2-14/h1-6,11-12H,7-10,13H2. The Morgan fingerprint density at radius 3 is 2.55 bits per heavy atom. The van der Waals surface area contributed by atoms with E-state index in [0.29, 0.717) is 55.1 Å². The van der Waals surface area contributed by atoms with Crippen molar-refractivity contribution >= 4 is 23.0 Å². The highest BCUT2D eigenvalue weighted by molar-refractivity contribution is 6.30. The third kappa shape index (κ3) is 4.38. The number of nitrogens with zero attached hydrogens (tertiary/aromatic N) is 4. The van der Waals surface area contributed by atoms with Gasteiger partial charge in [0.25, 0.3) is 5.69 Å². The van der Waals surface area contributed by atoms with E-state index in [1.165, 1.54) is 18.2 Å². The van der Waals surface area contributed by atoms with Crippen LogP contribution in [0.25, 0.3) is 11.3 Å². The number of halogens is 2. The first-order valence-electron chi connectivity index (χ1n) is 9.11. The second-order valence-electron chi connectivity index (χ2n) is 6.78. The van der Waals surface area contributed by atoms with Gasteiger partial charge in [0.15, 0.2) is 5.76 Å². The molecule has 1 saturated heterocycles. The monoisotopic (exact) mass is 416 g/mol. The molecule has 0 spiro atoms. The Balaban J connectivity index is 1.39. The Morgan fingerprint density at radius 1 is 1.14 bits per heavy atom. The van der Waals surface area contributed by atoms with Gasteiger partial charge in [-0.15, -0.1) is 0 Å². The first-order valence-corrected chi connectivity index (χ1v) is 9.49. The predicted octanol–water partition coefficient (Wildman–Crippen LogP) is 4.36. The van der Waals surface area contributed by atoms with E-state index < -0.39 is 4.92 Å². The summed E-state index contributed by atoms with van der Waals surface area (Å²) < 4.78 is 18.9. The van der Waals surface area contributed by atoms with Crippen LogP contribution in [-0.4, -0.2) is 41.0 Å². The number of hydrogen-bond acceptors (Lipinski definition) is 6. The van der Waals surface area contributed by atoms with Crippen LogP contribution in [0.15, 0.2) is 53.1 Å². The van der Waals surface area contributed by atoms with Crippen LogP contribution in [0.5, 0.6) is 0 Å². The average molecular weight is 417 g/mol. The lowest BCUT2D eigenvalue weighted by molar-refractivity contribution is -0.384. The summed E-state index contributed by atoms with van der Waals surface area (Å²) in [6, 6.07) is 10.8. The van der Waals surface area contributed by atoms with Gasteiger partial charge in [-0.05, 0) is 36.4 Å². The number of hydrogen-bond donors (Lipinski definition) is 0. The quantitative estimate of drug-likeness (QED) is 0.454. The predicted molar refractivity (Wildman–Crippen MR) is 107 cm³/mol. The van der Waals surface area contributed by atoms with Crippen molar-refractivity contribution in [2.24, 2.45) is 0 Å². The highest BCUT2D eigenvalue weighted by Gasteiger charge is 2.24. The summed E-state index contributed by atoms with van der Waals surface area (Å²) in [6.07, 6.45) is 1.63. The number of aromatic nitrogens is 1. The van der Waals surface area contributed by atoms with Crippen LogP contribution in [0.2, 0.25) is 5.02 Å². The van der Waals surface area contributed by atoms with Crippen LogP contribution in [0.3, 0.4) is 0 Å². The highest BCUT2D eigenvalue weighted by atomic mass is 35.5. The van der Waals surface area contributed by atoms with Gasteiger partial charge in [0.2, 0.25) is 5.89 Å². The molecule has 0 bridgehead atoms. The Hall–Kier alpha value is -2.97. The molecule has 3 aromatic rings. The van der Waals surface area contributed by atoms with E-state index >= 15 is 0 Å². The lowest BCUT2D eigenvalue weighted by atomic mass is 10.2. The average Bonchev–Trinajstić information content (AvgIpc) is 3.17. The summed E-state index contributed by atoms with van der Waals surface area (Å²) in [5.74, 6) is 0.873. The maximum atomic E-state index is 13.1. The highest BCUT2D eigenvalue weighted by Crippen LogP contribution is 2.31. The van der Waals surface area contributed by atoms with Gasteiger partial charge >= 0.3 is 0 Å². The molecular weight excluding hydrogens is 399 g/mol. The fourth-order valence-corrected chi connectivity index (χ4v) is 3.55. The molecule has 1 aliphatic rings. The maximum absolute atomic E-state index is 13.1. The van der Waals surface area contributed by atoms with Gasteiger partial charge in [-0.2, -0.15) is 0 Å². The molecular formula is C20H18ClFN4O3. The molecule has 0 unspecified atom stereocenters. The molecule has 9 heteroatoms. The van der Waals surface area contributed by atoms with Crippen LogP contribution in [0.4, 0.5) is 15.8 Å². The zero-order chi connectivity index (χ0) is 20.4. The van der Waals surface area contributed by atoms with Crippen molar-refractivity contribution in [3.05, 3.63) is 75.5 Å². The third-order valence-electron chi connectivity index (χ3n) is 4.89. The lowest BCUT2D eigenvalue weighted by Gasteiger charge is -2.35. The summed E-state index contributed by atoms with van der Waals surface area (Å²) >= 11 is 5.90. The van der Waals surface area contributed by atoms with Crippen LogP contribution >= 0.6 is 11.6 Å². The number of oxazole rings is 1. The molecule has 4 rings (SSSR count). The Kier molecular flexibility index (Phi) is 5.46. The van der Waals surface area contributed by atoms with Gasteiger partial charge in [0, 0.05) is 42.8 Å². The largest absolute Gasteiger partial charge is 0.439 e. The van der Waals surface area contributed by atoms with E-state index in [1.54, 1.807) is 30.5 Å². The van der Waals surface area contributed by atoms with Gasteiger partial charge in [0.05, 0.1) is 17.7 Å². The van der Waals surface area contributed by atoms with Gasteiger partial charge in [-0.1, -0.05) is 11.6 Å². The first kappa shape index (κ1) is 19.4. The molecule has 1 aromatic heterocycles. The smallest absolute Gasteiger partial charge is 0.294 e. The van der Waals surface area contributed by atoms with Crippen LogP contribution in [0.1, 0.15) is 5.89 Å². The Labute approximate surface area is 171 Å². The zero-order valence-electron chi connectivity index (χ0n) is 15.4. The minimum atomic E-state index is -0.405. The molecule has 150 valence electrons. The van der Waals surface area contributed by atoms with E-state index in [9.17, 15) is 14.5 Å². The minimum Gasteiger partial charge on any atom is -0.439 e. The van der Waals surface area contributed by atoms with E-state index in [0.717, 1.165) is 5.56 Å². The van der Waals surface area contributed by atoms with Crippen molar-refractivity contribution in [2.75, 3.05) is 31.1 Å². The topological polar surface area (TPSA) is 75.7 Å². The van der Waals surface area contributed by atoms with Crippen molar-refractivity contribution in [3.8, 4) is 11.3 Å². The summed E-state index contributed by atoms with van der Waals surface area (Å²) in [7, 11) is 0. The molecule has 0 N–H and O–H groups in total. The van der Waals surface area contributed by atoms with Gasteiger partial charge < -0.3 is 9.32 Å². The molecule has 7 nitrogen and oxygen atoms in total.